The van der Waals surface area contributed by atoms with Gasteiger partial charge < -0.3 is 37.2 Å². The van der Waals surface area contributed by atoms with E-state index in [-0.39, 0.29) is 64.0 Å². The van der Waals surface area contributed by atoms with Gasteiger partial charge in [-0.2, -0.15) is 11.1 Å². The van der Waals surface area contributed by atoms with Gasteiger partial charge in [-0.25, -0.2) is 5.57 Å². The predicted molar refractivity (Wildman–Crippen MR) is 133 cm³/mol. The van der Waals surface area contributed by atoms with E-state index in [2.05, 4.69) is 126 Å². The van der Waals surface area contributed by atoms with E-state index in [0.29, 0.717) is 0 Å². The summed E-state index contributed by atoms with van der Waals surface area (Å²) in [5, 5.41) is 4.21. The third-order valence-electron chi connectivity index (χ3n) is 7.26. The summed E-state index contributed by atoms with van der Waals surface area (Å²) in [5.41, 5.74) is 6.84. The van der Waals surface area contributed by atoms with E-state index in [0.717, 1.165) is 0 Å². The third-order valence-corrected chi connectivity index (χ3v) is 13.0. The van der Waals surface area contributed by atoms with Crippen LogP contribution in [0.25, 0.3) is 0 Å². The number of benzene rings is 3. The zero-order chi connectivity index (χ0) is 21.5. The fourth-order valence-corrected chi connectivity index (χ4v) is 11.7. The number of hydrogen-bond acceptors (Lipinski definition) is 0. The summed E-state index contributed by atoms with van der Waals surface area (Å²) in [6, 6.07) is 29.5. The molecule has 0 saturated carbocycles. The van der Waals surface area contributed by atoms with Gasteiger partial charge in [-0.15, -0.1) is 6.92 Å². The Kier molecular flexibility index (Phi) is 12.4. The molecule has 0 bridgehead atoms. The van der Waals surface area contributed by atoms with E-state index in [4.69, 9.17) is 0 Å². The first-order valence-corrected chi connectivity index (χ1v) is 12.8. The second kappa shape index (κ2) is 12.8. The monoisotopic (exact) mass is 560 g/mol. The van der Waals surface area contributed by atoms with Crippen molar-refractivity contribution in [3.05, 3.63) is 113 Å². The van der Waals surface area contributed by atoms with Crippen LogP contribution in [0.15, 0.2) is 95.6 Å². The summed E-state index contributed by atoms with van der Waals surface area (Å²) in [6.45, 7) is 13.7. The van der Waals surface area contributed by atoms with Crippen LogP contribution < -0.4 is 52.8 Å². The Morgan fingerprint density at radius 1 is 0.676 bits per heavy atom. The van der Waals surface area contributed by atoms with Crippen LogP contribution in [0.1, 0.15) is 38.8 Å². The van der Waals surface area contributed by atoms with E-state index in [1.807, 2.05) is 0 Å². The maximum absolute atomic E-state index is 4.01. The Morgan fingerprint density at radius 3 is 1.53 bits per heavy atom. The number of rotatable bonds is 4. The minimum absolute atomic E-state index is 0. The van der Waals surface area contributed by atoms with Crippen molar-refractivity contribution in [3.63, 3.8) is 0 Å². The average Bonchev–Trinajstić information content (AvgIpc) is 2.95. The second-order valence-corrected chi connectivity index (χ2v) is 13.1. The molecule has 3 aromatic rings. The Morgan fingerprint density at radius 2 is 1.15 bits per heavy atom. The van der Waals surface area contributed by atoms with Crippen molar-refractivity contribution in [1.82, 2.24) is 0 Å². The van der Waals surface area contributed by atoms with E-state index in [9.17, 15) is 0 Å². The van der Waals surface area contributed by atoms with Crippen LogP contribution in [0.5, 0.6) is 0 Å². The van der Waals surface area contributed by atoms with Gasteiger partial charge in [-0.3, -0.25) is 6.08 Å². The van der Waals surface area contributed by atoms with Crippen molar-refractivity contribution in [1.29, 1.82) is 0 Å². The molecule has 4 rings (SSSR count). The van der Waals surface area contributed by atoms with Gasteiger partial charge in [-0.1, -0.05) is 116 Å². The summed E-state index contributed by atoms with van der Waals surface area (Å²) in [7, 11) is -2.52. The molecule has 34 heavy (non-hydrogen) atoms. The molecule has 0 heterocycles. The molecule has 0 amide bonds. The summed E-state index contributed by atoms with van der Waals surface area (Å²) >= 11 is 0. The molecule has 0 spiro atoms. The van der Waals surface area contributed by atoms with Crippen molar-refractivity contribution in [3.8, 4) is 0 Å². The van der Waals surface area contributed by atoms with Crippen LogP contribution in [-0.2, 0) is 21.7 Å². The molecule has 1 aliphatic carbocycles. The molecule has 176 valence electrons. The molecule has 0 aromatic heterocycles. The van der Waals surface area contributed by atoms with Crippen LogP contribution in [0, 0.1) is 19.9 Å². The molecular weight excluding hydrogens is 531 g/mol. The van der Waals surface area contributed by atoms with Crippen molar-refractivity contribution in [2.75, 3.05) is 0 Å². The molecule has 0 saturated heterocycles. The SMILES string of the molecule is CC1=[C-]C(C)([Si](c2ccccc2)(c2ccccc2)c2ccc(C)cc2C)C(C)=C1C.[Cl-].[Cl-].[Cl-].[Ti+4]. The topological polar surface area (TPSA) is 0 Å². The summed E-state index contributed by atoms with van der Waals surface area (Å²) in [6.07, 6.45) is 4.01. The van der Waals surface area contributed by atoms with Gasteiger partial charge in [0.25, 0.3) is 0 Å². The van der Waals surface area contributed by atoms with Crippen molar-refractivity contribution in [2.45, 2.75) is 46.6 Å². The van der Waals surface area contributed by atoms with E-state index >= 15 is 0 Å². The van der Waals surface area contributed by atoms with E-state index < -0.39 is 8.07 Å². The van der Waals surface area contributed by atoms with Crippen molar-refractivity contribution >= 4 is 23.6 Å². The fourth-order valence-electron chi connectivity index (χ4n) is 5.53. The minimum atomic E-state index is -2.52. The Bertz CT molecular complexity index is 1120. The van der Waals surface area contributed by atoms with Crippen LogP contribution in [-0.4, -0.2) is 8.07 Å². The maximum Gasteiger partial charge on any atom is 4.00 e. The standard InChI is InChI=1S/C29H31Si.3ClH.Ti/c1-21-17-18-28(22(2)19-21)30(26-13-9-7-10-14-26,27-15-11-8-12-16-27)29(6)20-23(3)24(4)25(29)5;;;;/h7-19H,1-6H3;3*1H;/q-1;;;;+4/p-3. The quantitative estimate of drug-likeness (QED) is 0.178. The molecule has 0 fully saturated rings. The molecule has 1 unspecified atom stereocenters. The number of allylic oxidation sites excluding steroid dienone is 4. The van der Waals surface area contributed by atoms with Gasteiger partial charge in [-0.05, 0) is 29.4 Å². The summed E-state index contributed by atoms with van der Waals surface area (Å²) in [4.78, 5) is 0. The molecule has 5 heteroatoms. The number of aryl methyl sites for hydroxylation is 2. The Labute approximate surface area is 240 Å². The first-order chi connectivity index (χ1) is 14.3. The van der Waals surface area contributed by atoms with Gasteiger partial charge in [0.05, 0.1) is 0 Å². The fraction of sp³-hybridized carbons (Fsp3) is 0.241. The maximum atomic E-state index is 4.01. The molecule has 1 atom stereocenters. The first kappa shape index (κ1) is 32.9. The van der Waals surface area contributed by atoms with Crippen LogP contribution >= 0.6 is 0 Å². The minimum Gasteiger partial charge on any atom is -1.00 e. The summed E-state index contributed by atoms with van der Waals surface area (Å²) in [5.74, 6) is 0. The molecule has 0 radical (unpaired) electrons. The summed E-state index contributed by atoms with van der Waals surface area (Å²) < 4.78 is 0. The molecular formula is C29H31Cl3SiTi. The molecule has 1 aliphatic rings. The third kappa shape index (κ3) is 5.07. The Hall–Kier alpha value is -1.06. The van der Waals surface area contributed by atoms with Gasteiger partial charge in [0.2, 0.25) is 0 Å². The molecule has 3 aromatic carbocycles. The smallest absolute Gasteiger partial charge is 1.00 e. The van der Waals surface area contributed by atoms with Crippen molar-refractivity contribution < 1.29 is 58.9 Å². The normalized spacial score (nSPS) is 16.9. The Balaban J connectivity index is 0.00000272. The average molecular weight is 562 g/mol. The van der Waals surface area contributed by atoms with Gasteiger partial charge in [0.15, 0.2) is 0 Å². The van der Waals surface area contributed by atoms with Crippen molar-refractivity contribution in [2.24, 2.45) is 0 Å². The van der Waals surface area contributed by atoms with E-state index in [1.165, 1.54) is 43.4 Å². The van der Waals surface area contributed by atoms with Gasteiger partial charge in [0, 0.05) is 0 Å². The van der Waals surface area contributed by atoms with Crippen LogP contribution in [0.4, 0.5) is 0 Å². The van der Waals surface area contributed by atoms with Crippen LogP contribution in [0.3, 0.4) is 0 Å². The zero-order valence-electron chi connectivity index (χ0n) is 20.6. The largest absolute Gasteiger partial charge is 4.00 e. The predicted octanol–water partition coefficient (Wildman–Crippen LogP) is -3.36. The van der Waals surface area contributed by atoms with Crippen LogP contribution in [0.2, 0.25) is 5.04 Å². The number of halogens is 3. The van der Waals surface area contributed by atoms with E-state index in [1.54, 1.807) is 0 Å². The zero-order valence-corrected chi connectivity index (χ0v) is 25.5. The molecule has 0 nitrogen and oxygen atoms in total. The molecule has 0 aliphatic heterocycles. The molecule has 0 N–H and O–H groups in total. The second-order valence-electron chi connectivity index (χ2n) is 8.93. The van der Waals surface area contributed by atoms with Gasteiger partial charge in [0.1, 0.15) is 8.07 Å². The first-order valence-electron chi connectivity index (χ1n) is 10.8. The van der Waals surface area contributed by atoms with Gasteiger partial charge >= 0.3 is 21.7 Å². The number of hydrogen-bond donors (Lipinski definition) is 0.